The lowest BCUT2D eigenvalue weighted by Gasteiger charge is -2.15. The molecule has 1 aliphatic heterocycles. The fourth-order valence-corrected chi connectivity index (χ4v) is 2.22. The summed E-state index contributed by atoms with van der Waals surface area (Å²) in [5.41, 5.74) is 1.49. The normalized spacial score (nSPS) is 18.1. The van der Waals surface area contributed by atoms with Crippen molar-refractivity contribution >= 4 is 17.6 Å². The van der Waals surface area contributed by atoms with Crippen LogP contribution < -0.4 is 4.90 Å². The fraction of sp³-hybridized carbons (Fsp3) is 0.286. The third kappa shape index (κ3) is 2.14. The molecule has 1 aromatic rings. The molecule has 1 N–H and O–H groups in total. The van der Waals surface area contributed by atoms with Gasteiger partial charge < -0.3 is 10.0 Å². The zero-order valence-corrected chi connectivity index (χ0v) is 10.2. The summed E-state index contributed by atoms with van der Waals surface area (Å²) in [6, 6.07) is 9.32. The number of aliphatic carboxylic acids is 1. The first-order valence-corrected chi connectivity index (χ1v) is 5.97. The molecule has 1 aliphatic rings. The zero-order chi connectivity index (χ0) is 13.1. The van der Waals surface area contributed by atoms with Crippen LogP contribution in [0.2, 0.25) is 0 Å². The average Bonchev–Trinajstić information content (AvgIpc) is 2.73. The number of nitrogens with zero attached hydrogens (tertiary/aromatic N) is 1. The highest BCUT2D eigenvalue weighted by molar-refractivity contribution is 6.12. The van der Waals surface area contributed by atoms with E-state index in [0.717, 1.165) is 5.69 Å². The number of carbonyl (C=O) groups excluding carboxylic acids is 1. The fourth-order valence-electron chi connectivity index (χ4n) is 2.22. The summed E-state index contributed by atoms with van der Waals surface area (Å²) in [5, 5.41) is 9.08. The highest BCUT2D eigenvalue weighted by Gasteiger charge is 2.30. The van der Waals surface area contributed by atoms with Crippen molar-refractivity contribution in [2.45, 2.75) is 19.8 Å². The van der Waals surface area contributed by atoms with Crippen LogP contribution in [-0.4, -0.2) is 23.5 Å². The Balaban J connectivity index is 2.33. The van der Waals surface area contributed by atoms with E-state index in [4.69, 9.17) is 5.11 Å². The molecule has 1 heterocycles. The maximum absolute atomic E-state index is 12.2. The molecule has 1 aromatic carbocycles. The van der Waals surface area contributed by atoms with Crippen LogP contribution in [0.25, 0.3) is 0 Å². The van der Waals surface area contributed by atoms with Gasteiger partial charge in [-0.1, -0.05) is 25.1 Å². The molecule has 4 nitrogen and oxygen atoms in total. The Morgan fingerprint density at radius 3 is 2.56 bits per heavy atom. The lowest BCUT2D eigenvalue weighted by molar-refractivity contribution is -0.133. The number of carbonyl (C=O) groups is 2. The number of carboxylic acid groups (broad SMARTS) is 1. The van der Waals surface area contributed by atoms with Gasteiger partial charge in [-0.25, -0.2) is 4.79 Å². The van der Waals surface area contributed by atoms with Gasteiger partial charge in [0.2, 0.25) is 0 Å². The minimum atomic E-state index is -0.990. The third-order valence-electron chi connectivity index (χ3n) is 3.13. The van der Waals surface area contributed by atoms with E-state index in [0.29, 0.717) is 25.0 Å². The topological polar surface area (TPSA) is 57.6 Å². The number of hydrogen-bond donors (Lipinski definition) is 1. The summed E-state index contributed by atoms with van der Waals surface area (Å²) in [4.78, 5) is 24.9. The van der Waals surface area contributed by atoms with Gasteiger partial charge in [0.15, 0.2) is 0 Å². The van der Waals surface area contributed by atoms with E-state index in [2.05, 4.69) is 0 Å². The molecule has 0 bridgehead atoms. The number of carboxylic acids is 1. The van der Waals surface area contributed by atoms with E-state index in [1.165, 1.54) is 0 Å². The minimum absolute atomic E-state index is 0.180. The Morgan fingerprint density at radius 1 is 1.33 bits per heavy atom. The van der Waals surface area contributed by atoms with Crippen LogP contribution in [0, 0.1) is 0 Å². The van der Waals surface area contributed by atoms with Gasteiger partial charge in [-0.15, -0.1) is 0 Å². The summed E-state index contributed by atoms with van der Waals surface area (Å²) >= 11 is 0. The molecule has 94 valence electrons. The molecule has 1 fully saturated rings. The SMILES string of the molecule is CCC(C(=O)O)=C1CCN(c2ccccc2)C1=O. The summed E-state index contributed by atoms with van der Waals surface area (Å²) in [7, 11) is 0. The molecular formula is C14H15NO3. The smallest absolute Gasteiger partial charge is 0.332 e. The predicted octanol–water partition coefficient (Wildman–Crippen LogP) is 2.21. The number of benzene rings is 1. The number of anilines is 1. The summed E-state index contributed by atoms with van der Waals surface area (Å²) < 4.78 is 0. The third-order valence-corrected chi connectivity index (χ3v) is 3.13. The van der Waals surface area contributed by atoms with Crippen molar-refractivity contribution < 1.29 is 14.7 Å². The lowest BCUT2D eigenvalue weighted by atomic mass is 10.0. The van der Waals surface area contributed by atoms with Crippen molar-refractivity contribution in [2.24, 2.45) is 0 Å². The molecule has 1 saturated heterocycles. The number of para-hydroxylation sites is 1. The standard InChI is InChI=1S/C14H15NO3/c1-2-11(14(17)18)12-8-9-15(13(12)16)10-6-4-3-5-7-10/h3-7H,2,8-9H2,1H3,(H,17,18). The maximum atomic E-state index is 12.2. The molecule has 4 heteroatoms. The quantitative estimate of drug-likeness (QED) is 0.831. The van der Waals surface area contributed by atoms with E-state index in [1.807, 2.05) is 30.3 Å². The predicted molar refractivity (Wildman–Crippen MR) is 68.4 cm³/mol. The number of rotatable bonds is 3. The van der Waals surface area contributed by atoms with Crippen LogP contribution in [0.5, 0.6) is 0 Å². The van der Waals surface area contributed by atoms with Gasteiger partial charge in [-0.05, 0) is 25.0 Å². The van der Waals surface area contributed by atoms with Crippen molar-refractivity contribution in [3.8, 4) is 0 Å². The first kappa shape index (κ1) is 12.4. The van der Waals surface area contributed by atoms with E-state index in [-0.39, 0.29) is 11.5 Å². The van der Waals surface area contributed by atoms with Crippen LogP contribution in [-0.2, 0) is 9.59 Å². The first-order valence-electron chi connectivity index (χ1n) is 5.97. The van der Waals surface area contributed by atoms with Gasteiger partial charge in [0, 0.05) is 23.4 Å². The van der Waals surface area contributed by atoms with Crippen molar-refractivity contribution in [1.29, 1.82) is 0 Å². The van der Waals surface area contributed by atoms with E-state index in [9.17, 15) is 9.59 Å². The average molecular weight is 245 g/mol. The Bertz CT molecular complexity index is 505. The van der Waals surface area contributed by atoms with E-state index < -0.39 is 5.97 Å². The van der Waals surface area contributed by atoms with Crippen molar-refractivity contribution in [3.05, 3.63) is 41.5 Å². The molecule has 0 unspecified atom stereocenters. The molecule has 0 radical (unpaired) electrons. The van der Waals surface area contributed by atoms with Gasteiger partial charge in [-0.2, -0.15) is 0 Å². The second-order valence-corrected chi connectivity index (χ2v) is 4.16. The van der Waals surface area contributed by atoms with E-state index >= 15 is 0 Å². The number of hydrogen-bond acceptors (Lipinski definition) is 2. The Hall–Kier alpha value is -2.10. The Labute approximate surface area is 106 Å². The van der Waals surface area contributed by atoms with Gasteiger partial charge in [0.1, 0.15) is 0 Å². The first-order chi connectivity index (χ1) is 8.65. The van der Waals surface area contributed by atoms with Crippen LogP contribution in [0.3, 0.4) is 0 Å². The van der Waals surface area contributed by atoms with Gasteiger partial charge in [-0.3, -0.25) is 4.79 Å². The van der Waals surface area contributed by atoms with Crippen molar-refractivity contribution in [3.63, 3.8) is 0 Å². The van der Waals surface area contributed by atoms with Crippen molar-refractivity contribution in [2.75, 3.05) is 11.4 Å². The molecule has 1 amide bonds. The minimum Gasteiger partial charge on any atom is -0.478 e. The molecule has 0 atom stereocenters. The molecule has 0 aromatic heterocycles. The zero-order valence-electron chi connectivity index (χ0n) is 10.2. The van der Waals surface area contributed by atoms with Gasteiger partial charge in [0.05, 0.1) is 0 Å². The molecule has 2 rings (SSSR count). The van der Waals surface area contributed by atoms with Gasteiger partial charge >= 0.3 is 5.97 Å². The largest absolute Gasteiger partial charge is 0.478 e. The number of amides is 1. The monoisotopic (exact) mass is 245 g/mol. The Kier molecular flexibility index (Phi) is 3.46. The van der Waals surface area contributed by atoms with Crippen LogP contribution >= 0.6 is 0 Å². The second kappa shape index (κ2) is 5.04. The second-order valence-electron chi connectivity index (χ2n) is 4.16. The van der Waals surface area contributed by atoms with Crippen LogP contribution in [0.1, 0.15) is 19.8 Å². The summed E-state index contributed by atoms with van der Waals surface area (Å²) in [6.07, 6.45) is 0.877. The highest BCUT2D eigenvalue weighted by Crippen LogP contribution is 2.27. The summed E-state index contributed by atoms with van der Waals surface area (Å²) in [5.74, 6) is -1.17. The lowest BCUT2D eigenvalue weighted by Crippen LogP contribution is -2.25. The van der Waals surface area contributed by atoms with E-state index in [1.54, 1.807) is 11.8 Å². The molecule has 18 heavy (non-hydrogen) atoms. The van der Waals surface area contributed by atoms with Crippen molar-refractivity contribution in [1.82, 2.24) is 0 Å². The molecular weight excluding hydrogens is 230 g/mol. The highest BCUT2D eigenvalue weighted by atomic mass is 16.4. The van der Waals surface area contributed by atoms with Crippen LogP contribution in [0.4, 0.5) is 5.69 Å². The molecule has 0 aliphatic carbocycles. The molecule has 0 saturated carbocycles. The molecule has 0 spiro atoms. The maximum Gasteiger partial charge on any atom is 0.332 e. The summed E-state index contributed by atoms with van der Waals surface area (Å²) in [6.45, 7) is 2.31. The Morgan fingerprint density at radius 2 is 2.00 bits per heavy atom. The van der Waals surface area contributed by atoms with Gasteiger partial charge in [0.25, 0.3) is 5.91 Å². The van der Waals surface area contributed by atoms with Crippen LogP contribution in [0.15, 0.2) is 41.5 Å².